The molecule has 0 bridgehead atoms. The predicted octanol–water partition coefficient (Wildman–Crippen LogP) is 1.21. The molecule has 1 aromatic carbocycles. The van der Waals surface area contributed by atoms with E-state index < -0.39 is 0 Å². The minimum Gasteiger partial charge on any atom is -0.369 e. The lowest BCUT2D eigenvalue weighted by Crippen LogP contribution is -2.31. The molecule has 1 atom stereocenters. The van der Waals surface area contributed by atoms with E-state index in [1.54, 1.807) is 0 Å². The number of rotatable bonds is 5. The minimum atomic E-state index is -0.320. The average molecular weight is 192 g/mol. The third-order valence-corrected chi connectivity index (χ3v) is 2.13. The summed E-state index contributed by atoms with van der Waals surface area (Å²) in [6, 6.07) is 10.3. The van der Waals surface area contributed by atoms with Gasteiger partial charge in [0.15, 0.2) is 0 Å². The predicted molar refractivity (Wildman–Crippen MR) is 56.7 cm³/mol. The number of benzene rings is 1. The molecule has 1 rings (SSSR count). The third kappa shape index (κ3) is 3.18. The van der Waals surface area contributed by atoms with Crippen LogP contribution in [0.5, 0.6) is 0 Å². The standard InChI is InChI=1S/C11H16N2O/c1-2-10(13-8-11(12)14)9-6-4-3-5-7-9/h3-7,10,13H,2,8H2,1H3,(H2,12,14)/t10-/m1/s1. The Morgan fingerprint density at radius 1 is 1.43 bits per heavy atom. The van der Waals surface area contributed by atoms with E-state index in [1.165, 1.54) is 5.56 Å². The van der Waals surface area contributed by atoms with Crippen molar-refractivity contribution in [2.45, 2.75) is 19.4 Å². The zero-order chi connectivity index (χ0) is 10.4. The Balaban J connectivity index is 2.58. The van der Waals surface area contributed by atoms with Crippen molar-refractivity contribution in [2.75, 3.05) is 6.54 Å². The van der Waals surface area contributed by atoms with Crippen LogP contribution in [0.4, 0.5) is 0 Å². The van der Waals surface area contributed by atoms with Crippen molar-refractivity contribution in [1.82, 2.24) is 5.32 Å². The van der Waals surface area contributed by atoms with Gasteiger partial charge in [0.2, 0.25) is 5.91 Å². The van der Waals surface area contributed by atoms with Gasteiger partial charge in [0.25, 0.3) is 0 Å². The molecule has 0 aliphatic carbocycles. The summed E-state index contributed by atoms with van der Waals surface area (Å²) >= 11 is 0. The van der Waals surface area contributed by atoms with Crippen LogP contribution in [0, 0.1) is 0 Å². The van der Waals surface area contributed by atoms with Crippen molar-refractivity contribution in [1.29, 1.82) is 0 Å². The number of amides is 1. The second kappa shape index (κ2) is 5.40. The first-order valence-corrected chi connectivity index (χ1v) is 4.80. The smallest absolute Gasteiger partial charge is 0.231 e. The van der Waals surface area contributed by atoms with Crippen molar-refractivity contribution in [2.24, 2.45) is 5.73 Å². The molecule has 0 unspecified atom stereocenters. The monoisotopic (exact) mass is 192 g/mol. The molecule has 1 aromatic rings. The summed E-state index contributed by atoms with van der Waals surface area (Å²) in [5.41, 5.74) is 6.26. The van der Waals surface area contributed by atoms with E-state index in [-0.39, 0.29) is 18.5 Å². The molecule has 0 radical (unpaired) electrons. The van der Waals surface area contributed by atoms with Gasteiger partial charge in [-0.3, -0.25) is 4.79 Å². The molecule has 0 aliphatic rings. The van der Waals surface area contributed by atoms with Gasteiger partial charge in [0.1, 0.15) is 0 Å². The van der Waals surface area contributed by atoms with Gasteiger partial charge in [-0.25, -0.2) is 0 Å². The van der Waals surface area contributed by atoms with Crippen molar-refractivity contribution >= 4 is 5.91 Å². The van der Waals surface area contributed by atoms with Crippen LogP contribution in [0.25, 0.3) is 0 Å². The van der Waals surface area contributed by atoms with Gasteiger partial charge >= 0.3 is 0 Å². The fourth-order valence-electron chi connectivity index (χ4n) is 1.41. The van der Waals surface area contributed by atoms with Crippen LogP contribution in [0.3, 0.4) is 0 Å². The molecule has 0 saturated heterocycles. The summed E-state index contributed by atoms with van der Waals surface area (Å²) in [5.74, 6) is -0.320. The molecule has 76 valence electrons. The molecule has 0 aliphatic heterocycles. The maximum atomic E-state index is 10.6. The molecular formula is C11H16N2O. The molecule has 3 heteroatoms. The van der Waals surface area contributed by atoms with Gasteiger partial charge in [-0.15, -0.1) is 0 Å². The quantitative estimate of drug-likeness (QED) is 0.736. The van der Waals surface area contributed by atoms with Crippen LogP contribution in [-0.4, -0.2) is 12.5 Å². The van der Waals surface area contributed by atoms with Crippen LogP contribution >= 0.6 is 0 Å². The van der Waals surface area contributed by atoms with Crippen molar-refractivity contribution in [3.05, 3.63) is 35.9 Å². The van der Waals surface area contributed by atoms with E-state index in [0.717, 1.165) is 6.42 Å². The van der Waals surface area contributed by atoms with Gasteiger partial charge < -0.3 is 11.1 Å². The maximum Gasteiger partial charge on any atom is 0.231 e. The highest BCUT2D eigenvalue weighted by Gasteiger charge is 2.08. The SMILES string of the molecule is CC[C@@H](NCC(N)=O)c1ccccc1. The minimum absolute atomic E-state index is 0.212. The van der Waals surface area contributed by atoms with E-state index in [2.05, 4.69) is 12.2 Å². The van der Waals surface area contributed by atoms with Crippen molar-refractivity contribution < 1.29 is 4.79 Å². The fourth-order valence-corrected chi connectivity index (χ4v) is 1.41. The van der Waals surface area contributed by atoms with Gasteiger partial charge in [-0.1, -0.05) is 37.3 Å². The summed E-state index contributed by atoms with van der Waals surface area (Å²) in [6.07, 6.45) is 0.942. The number of hydrogen-bond acceptors (Lipinski definition) is 2. The number of hydrogen-bond donors (Lipinski definition) is 2. The summed E-state index contributed by atoms with van der Waals surface area (Å²) in [6.45, 7) is 2.30. The molecule has 0 fully saturated rings. The zero-order valence-corrected chi connectivity index (χ0v) is 8.36. The number of carbonyl (C=O) groups is 1. The molecule has 14 heavy (non-hydrogen) atoms. The lowest BCUT2D eigenvalue weighted by atomic mass is 10.0. The van der Waals surface area contributed by atoms with Crippen LogP contribution < -0.4 is 11.1 Å². The molecule has 0 spiro atoms. The lowest BCUT2D eigenvalue weighted by Gasteiger charge is -2.15. The summed E-state index contributed by atoms with van der Waals surface area (Å²) in [4.78, 5) is 10.6. The average Bonchev–Trinajstić information content (AvgIpc) is 2.20. The Morgan fingerprint density at radius 3 is 2.57 bits per heavy atom. The summed E-state index contributed by atoms with van der Waals surface area (Å²) < 4.78 is 0. The molecular weight excluding hydrogens is 176 g/mol. The Labute approximate surface area is 84.3 Å². The van der Waals surface area contributed by atoms with E-state index >= 15 is 0 Å². The highest BCUT2D eigenvalue weighted by atomic mass is 16.1. The summed E-state index contributed by atoms with van der Waals surface area (Å²) in [7, 11) is 0. The van der Waals surface area contributed by atoms with Gasteiger partial charge in [0.05, 0.1) is 6.54 Å². The topological polar surface area (TPSA) is 55.1 Å². The van der Waals surface area contributed by atoms with E-state index in [9.17, 15) is 4.79 Å². The molecule has 3 N–H and O–H groups in total. The number of primary amides is 1. The van der Waals surface area contributed by atoms with Crippen LogP contribution in [0.1, 0.15) is 24.9 Å². The maximum absolute atomic E-state index is 10.6. The van der Waals surface area contributed by atoms with Crippen LogP contribution in [0.2, 0.25) is 0 Å². The largest absolute Gasteiger partial charge is 0.369 e. The zero-order valence-electron chi connectivity index (χ0n) is 8.36. The highest BCUT2D eigenvalue weighted by Crippen LogP contribution is 2.14. The van der Waals surface area contributed by atoms with Gasteiger partial charge in [-0.2, -0.15) is 0 Å². The number of nitrogens with two attached hydrogens (primary N) is 1. The van der Waals surface area contributed by atoms with Crippen LogP contribution in [-0.2, 0) is 4.79 Å². The molecule has 0 saturated carbocycles. The Kier molecular flexibility index (Phi) is 4.13. The number of carbonyl (C=O) groups excluding carboxylic acids is 1. The normalized spacial score (nSPS) is 12.4. The fraction of sp³-hybridized carbons (Fsp3) is 0.364. The molecule has 0 heterocycles. The Bertz CT molecular complexity index is 285. The first-order valence-electron chi connectivity index (χ1n) is 4.80. The number of nitrogens with one attached hydrogen (secondary N) is 1. The second-order valence-electron chi connectivity index (χ2n) is 3.22. The second-order valence-corrected chi connectivity index (χ2v) is 3.22. The van der Waals surface area contributed by atoms with E-state index in [1.807, 2.05) is 30.3 Å². The first kappa shape index (κ1) is 10.7. The van der Waals surface area contributed by atoms with Crippen LogP contribution in [0.15, 0.2) is 30.3 Å². The first-order chi connectivity index (χ1) is 6.74. The van der Waals surface area contributed by atoms with Gasteiger partial charge in [0, 0.05) is 6.04 Å². The van der Waals surface area contributed by atoms with Crippen molar-refractivity contribution in [3.63, 3.8) is 0 Å². The molecule has 3 nitrogen and oxygen atoms in total. The Morgan fingerprint density at radius 2 is 2.07 bits per heavy atom. The third-order valence-electron chi connectivity index (χ3n) is 2.13. The summed E-state index contributed by atoms with van der Waals surface area (Å²) in [5, 5.41) is 3.11. The molecule has 0 aromatic heterocycles. The van der Waals surface area contributed by atoms with E-state index in [0.29, 0.717) is 0 Å². The van der Waals surface area contributed by atoms with Gasteiger partial charge in [-0.05, 0) is 12.0 Å². The van der Waals surface area contributed by atoms with E-state index in [4.69, 9.17) is 5.73 Å². The van der Waals surface area contributed by atoms with Crippen molar-refractivity contribution in [3.8, 4) is 0 Å². The highest BCUT2D eigenvalue weighted by molar-refractivity contribution is 5.75. The molecule has 1 amide bonds. The lowest BCUT2D eigenvalue weighted by molar-refractivity contribution is -0.117. The Hall–Kier alpha value is -1.35.